The number of hydrogen-bond donors (Lipinski definition) is 2. The first-order chi connectivity index (χ1) is 14.9. The summed E-state index contributed by atoms with van der Waals surface area (Å²) < 4.78 is 0. The molecule has 5 nitrogen and oxygen atoms in total. The monoisotopic (exact) mass is 413 g/mol. The second-order valence-corrected chi connectivity index (χ2v) is 8.09. The van der Waals surface area contributed by atoms with Crippen LogP contribution >= 0.6 is 0 Å². The Morgan fingerprint density at radius 3 is 2.52 bits per heavy atom. The number of hydrogen-bond acceptors (Lipinski definition) is 2. The molecule has 0 radical (unpaired) electrons. The van der Waals surface area contributed by atoms with E-state index in [0.29, 0.717) is 18.7 Å². The van der Waals surface area contributed by atoms with E-state index in [1.54, 1.807) is 0 Å². The van der Waals surface area contributed by atoms with Crippen molar-refractivity contribution in [3.63, 3.8) is 0 Å². The average molecular weight is 414 g/mol. The maximum Gasteiger partial charge on any atom is 0.319 e. The molecule has 0 aliphatic carbocycles. The maximum atomic E-state index is 13.0. The van der Waals surface area contributed by atoms with Gasteiger partial charge < -0.3 is 15.5 Å². The van der Waals surface area contributed by atoms with E-state index in [1.807, 2.05) is 80.3 Å². The van der Waals surface area contributed by atoms with Gasteiger partial charge in [-0.15, -0.1) is 0 Å². The number of benzene rings is 3. The van der Waals surface area contributed by atoms with Crippen LogP contribution in [0.25, 0.3) is 0 Å². The third-order valence-electron chi connectivity index (χ3n) is 5.89. The first-order valence-electron chi connectivity index (χ1n) is 10.5. The molecule has 0 spiro atoms. The third-order valence-corrected chi connectivity index (χ3v) is 5.89. The fraction of sp³-hybridized carbons (Fsp3) is 0.231. The minimum atomic E-state index is -0.248. The summed E-state index contributed by atoms with van der Waals surface area (Å²) in [6.45, 7) is 7.08. The summed E-state index contributed by atoms with van der Waals surface area (Å²) in [4.78, 5) is 27.2. The summed E-state index contributed by atoms with van der Waals surface area (Å²) in [6.07, 6.45) is 0.841. The van der Waals surface area contributed by atoms with Crippen LogP contribution in [0.15, 0.2) is 60.7 Å². The van der Waals surface area contributed by atoms with E-state index in [2.05, 4.69) is 16.7 Å². The van der Waals surface area contributed by atoms with Gasteiger partial charge in [-0.05, 0) is 73.7 Å². The lowest BCUT2D eigenvalue weighted by Crippen LogP contribution is -2.30. The zero-order valence-electron chi connectivity index (χ0n) is 18.2. The van der Waals surface area contributed by atoms with Gasteiger partial charge in [0.05, 0.1) is 0 Å². The highest BCUT2D eigenvalue weighted by atomic mass is 16.2. The lowest BCUT2D eigenvalue weighted by atomic mass is 10.1. The highest BCUT2D eigenvalue weighted by molar-refractivity contribution is 6.07. The zero-order valence-corrected chi connectivity index (χ0v) is 18.2. The van der Waals surface area contributed by atoms with E-state index >= 15 is 0 Å². The summed E-state index contributed by atoms with van der Waals surface area (Å²) in [5.41, 5.74) is 7.86. The van der Waals surface area contributed by atoms with Gasteiger partial charge in [0.15, 0.2) is 0 Å². The molecule has 4 rings (SSSR count). The molecular weight excluding hydrogens is 386 g/mol. The van der Waals surface area contributed by atoms with Crippen LogP contribution in [0.5, 0.6) is 0 Å². The SMILES string of the molecule is Cc1ccc(C(=O)N2CCc3ccc(CNC(=O)Nc4cccc(C)c4C)cc32)cc1. The largest absolute Gasteiger partial charge is 0.334 e. The van der Waals surface area contributed by atoms with E-state index in [4.69, 9.17) is 0 Å². The van der Waals surface area contributed by atoms with Gasteiger partial charge in [0.1, 0.15) is 0 Å². The molecule has 0 saturated heterocycles. The second kappa shape index (κ2) is 8.64. The third kappa shape index (κ3) is 4.45. The highest BCUT2D eigenvalue weighted by Gasteiger charge is 2.25. The van der Waals surface area contributed by atoms with Crippen molar-refractivity contribution >= 4 is 23.3 Å². The molecule has 158 valence electrons. The molecule has 1 aliphatic heterocycles. The number of carbonyl (C=O) groups is 2. The molecule has 3 aromatic carbocycles. The summed E-state index contributed by atoms with van der Waals surface area (Å²) in [6, 6.07) is 19.3. The summed E-state index contributed by atoms with van der Waals surface area (Å²) in [5.74, 6) is 0.0107. The predicted octanol–water partition coefficient (Wildman–Crippen LogP) is 5.14. The van der Waals surface area contributed by atoms with Crippen LogP contribution in [-0.2, 0) is 13.0 Å². The average Bonchev–Trinajstić information content (AvgIpc) is 3.19. The van der Waals surface area contributed by atoms with Crippen molar-refractivity contribution in [2.24, 2.45) is 0 Å². The molecule has 0 aromatic heterocycles. The van der Waals surface area contributed by atoms with Gasteiger partial charge >= 0.3 is 6.03 Å². The Hall–Kier alpha value is -3.60. The summed E-state index contributed by atoms with van der Waals surface area (Å²) >= 11 is 0. The Balaban J connectivity index is 1.44. The first kappa shape index (κ1) is 20.7. The highest BCUT2D eigenvalue weighted by Crippen LogP contribution is 2.30. The second-order valence-electron chi connectivity index (χ2n) is 8.09. The molecule has 31 heavy (non-hydrogen) atoms. The molecule has 1 aliphatic rings. The number of rotatable bonds is 4. The van der Waals surface area contributed by atoms with Gasteiger partial charge in [0.25, 0.3) is 5.91 Å². The molecule has 3 amide bonds. The van der Waals surface area contributed by atoms with E-state index in [9.17, 15) is 9.59 Å². The van der Waals surface area contributed by atoms with Gasteiger partial charge in [-0.25, -0.2) is 4.79 Å². The number of anilines is 2. The topological polar surface area (TPSA) is 61.4 Å². The molecule has 0 saturated carbocycles. The van der Waals surface area contributed by atoms with Gasteiger partial charge in [-0.1, -0.05) is 42.0 Å². The van der Waals surface area contributed by atoms with Crippen molar-refractivity contribution in [3.8, 4) is 0 Å². The lowest BCUT2D eigenvalue weighted by Gasteiger charge is -2.18. The van der Waals surface area contributed by atoms with Gasteiger partial charge in [-0.2, -0.15) is 0 Å². The van der Waals surface area contributed by atoms with Crippen LogP contribution in [0.3, 0.4) is 0 Å². The fourth-order valence-electron chi connectivity index (χ4n) is 3.83. The number of fused-ring (bicyclic) bond motifs is 1. The normalized spacial score (nSPS) is 12.4. The molecule has 0 bridgehead atoms. The van der Waals surface area contributed by atoms with Crippen LogP contribution in [0.1, 0.15) is 38.2 Å². The molecule has 1 heterocycles. The van der Waals surface area contributed by atoms with Crippen molar-refractivity contribution in [2.75, 3.05) is 16.8 Å². The number of nitrogens with zero attached hydrogens (tertiary/aromatic N) is 1. The predicted molar refractivity (Wildman–Crippen MR) is 125 cm³/mol. The Bertz CT molecular complexity index is 1140. The van der Waals surface area contributed by atoms with Crippen LogP contribution < -0.4 is 15.5 Å². The van der Waals surface area contributed by atoms with Crippen molar-refractivity contribution in [1.82, 2.24) is 5.32 Å². The quantitative estimate of drug-likeness (QED) is 0.622. The van der Waals surface area contributed by atoms with Gasteiger partial charge in [0, 0.05) is 30.0 Å². The smallest absolute Gasteiger partial charge is 0.319 e. The number of amides is 3. The number of urea groups is 1. The Morgan fingerprint density at radius 2 is 1.74 bits per heavy atom. The first-order valence-corrected chi connectivity index (χ1v) is 10.5. The van der Waals surface area contributed by atoms with Crippen LogP contribution in [0.4, 0.5) is 16.2 Å². The minimum absolute atomic E-state index is 0.0107. The van der Waals surface area contributed by atoms with Gasteiger partial charge in [-0.3, -0.25) is 4.79 Å². The molecule has 0 atom stereocenters. The molecular formula is C26H27N3O2. The van der Waals surface area contributed by atoms with E-state index in [0.717, 1.165) is 45.6 Å². The standard InChI is InChI=1S/C26H27N3O2/c1-17-7-10-22(11-8-17)25(30)29-14-13-21-12-9-20(15-24(21)29)16-27-26(31)28-23-6-4-5-18(2)19(23)3/h4-12,15H,13-14,16H2,1-3H3,(H2,27,28,31). The Labute approximate surface area is 183 Å². The van der Waals surface area contributed by atoms with Crippen molar-refractivity contribution in [1.29, 1.82) is 0 Å². The maximum absolute atomic E-state index is 13.0. The van der Waals surface area contributed by atoms with Crippen molar-refractivity contribution < 1.29 is 9.59 Å². The molecule has 3 aromatic rings. The van der Waals surface area contributed by atoms with Crippen molar-refractivity contribution in [2.45, 2.75) is 33.7 Å². The number of nitrogens with one attached hydrogen (secondary N) is 2. The van der Waals surface area contributed by atoms with E-state index in [1.165, 1.54) is 0 Å². The van der Waals surface area contributed by atoms with Crippen LogP contribution in [0.2, 0.25) is 0 Å². The lowest BCUT2D eigenvalue weighted by molar-refractivity contribution is 0.0989. The molecule has 5 heteroatoms. The van der Waals surface area contributed by atoms with E-state index in [-0.39, 0.29) is 11.9 Å². The molecule has 0 fully saturated rings. The molecule has 0 unspecified atom stereocenters. The minimum Gasteiger partial charge on any atom is -0.334 e. The van der Waals surface area contributed by atoms with Crippen LogP contribution in [-0.4, -0.2) is 18.5 Å². The summed E-state index contributed by atoms with van der Waals surface area (Å²) in [7, 11) is 0. The number of aryl methyl sites for hydroxylation is 2. The van der Waals surface area contributed by atoms with Crippen LogP contribution in [0, 0.1) is 20.8 Å². The summed E-state index contributed by atoms with van der Waals surface area (Å²) in [5, 5.41) is 5.83. The van der Waals surface area contributed by atoms with E-state index < -0.39 is 0 Å². The fourth-order valence-corrected chi connectivity index (χ4v) is 3.83. The number of carbonyl (C=O) groups excluding carboxylic acids is 2. The molecule has 2 N–H and O–H groups in total. The van der Waals surface area contributed by atoms with Gasteiger partial charge in [0.2, 0.25) is 0 Å². The Morgan fingerprint density at radius 1 is 0.968 bits per heavy atom. The Kier molecular flexibility index (Phi) is 5.76. The zero-order chi connectivity index (χ0) is 22.0. The van der Waals surface area contributed by atoms with Crippen molar-refractivity contribution in [3.05, 3.63) is 94.0 Å².